The fourth-order valence-electron chi connectivity index (χ4n) is 3.04. The van der Waals surface area contributed by atoms with Crippen LogP contribution in [0.1, 0.15) is 29.9 Å². The molecule has 3 rings (SSSR count). The molecule has 8 nitrogen and oxygen atoms in total. The first kappa shape index (κ1) is 22.5. The van der Waals surface area contributed by atoms with Crippen LogP contribution in [-0.4, -0.2) is 37.3 Å². The summed E-state index contributed by atoms with van der Waals surface area (Å²) in [4.78, 5) is 16.5. The molecule has 3 aromatic rings. The van der Waals surface area contributed by atoms with Gasteiger partial charge in [-0.2, -0.15) is 4.98 Å². The van der Waals surface area contributed by atoms with Gasteiger partial charge in [-0.25, -0.2) is 8.42 Å². The van der Waals surface area contributed by atoms with Crippen molar-refractivity contribution in [3.05, 3.63) is 65.5 Å². The van der Waals surface area contributed by atoms with Crippen LogP contribution in [-0.2, 0) is 21.4 Å². The van der Waals surface area contributed by atoms with Crippen LogP contribution in [0.2, 0.25) is 0 Å². The van der Waals surface area contributed by atoms with Crippen molar-refractivity contribution in [1.82, 2.24) is 15.5 Å². The quantitative estimate of drug-likeness (QED) is 0.545. The zero-order valence-corrected chi connectivity index (χ0v) is 18.6. The van der Waals surface area contributed by atoms with E-state index < -0.39 is 10.0 Å². The van der Waals surface area contributed by atoms with Gasteiger partial charge in [-0.3, -0.25) is 9.10 Å². The Kier molecular flexibility index (Phi) is 7.06. The molecule has 0 unspecified atom stereocenters. The molecule has 0 aliphatic heterocycles. The number of nitrogens with one attached hydrogen (secondary N) is 1. The number of aromatic nitrogens is 2. The van der Waals surface area contributed by atoms with E-state index in [4.69, 9.17) is 4.52 Å². The van der Waals surface area contributed by atoms with Crippen molar-refractivity contribution in [2.24, 2.45) is 0 Å². The molecule has 1 aromatic heterocycles. The highest BCUT2D eigenvalue weighted by molar-refractivity contribution is 7.92. The fraction of sp³-hybridized carbons (Fsp3) is 0.318. The second kappa shape index (κ2) is 9.74. The van der Waals surface area contributed by atoms with Gasteiger partial charge < -0.3 is 9.84 Å². The van der Waals surface area contributed by atoms with Gasteiger partial charge in [0, 0.05) is 18.5 Å². The van der Waals surface area contributed by atoms with Gasteiger partial charge in [-0.05, 0) is 43.5 Å². The molecule has 0 spiro atoms. The summed E-state index contributed by atoms with van der Waals surface area (Å²) in [6.45, 7) is 4.24. The summed E-state index contributed by atoms with van der Waals surface area (Å²) in [5.41, 5.74) is 3.53. The van der Waals surface area contributed by atoms with Crippen LogP contribution in [0.5, 0.6) is 0 Å². The first-order valence-electron chi connectivity index (χ1n) is 9.94. The normalized spacial score (nSPS) is 11.3. The van der Waals surface area contributed by atoms with Crippen LogP contribution >= 0.6 is 0 Å². The number of anilines is 1. The van der Waals surface area contributed by atoms with E-state index in [1.54, 1.807) is 6.07 Å². The first-order valence-corrected chi connectivity index (χ1v) is 11.8. The van der Waals surface area contributed by atoms with E-state index in [1.807, 2.05) is 56.3 Å². The molecule has 9 heteroatoms. The van der Waals surface area contributed by atoms with Crippen molar-refractivity contribution in [3.8, 4) is 11.4 Å². The Labute approximate surface area is 182 Å². The topological polar surface area (TPSA) is 105 Å². The van der Waals surface area contributed by atoms with Crippen molar-refractivity contribution >= 4 is 21.6 Å². The number of carbonyl (C=O) groups is 1. The average molecular weight is 443 g/mol. The summed E-state index contributed by atoms with van der Waals surface area (Å²) in [7, 11) is -3.46. The Balaban J connectivity index is 1.51. The third-order valence-electron chi connectivity index (χ3n) is 4.88. The Morgan fingerprint density at radius 2 is 1.84 bits per heavy atom. The molecule has 0 radical (unpaired) electrons. The SMILES string of the molecule is Cc1ccc(N(CCCC(=O)NCc2nc(-c3ccccc3)no2)S(C)(=O)=O)cc1C. The van der Waals surface area contributed by atoms with Gasteiger partial charge in [-0.1, -0.05) is 41.6 Å². The van der Waals surface area contributed by atoms with E-state index in [1.165, 1.54) is 10.6 Å². The summed E-state index contributed by atoms with van der Waals surface area (Å²) in [6.07, 6.45) is 1.73. The summed E-state index contributed by atoms with van der Waals surface area (Å²) < 4.78 is 31.0. The van der Waals surface area contributed by atoms with E-state index in [9.17, 15) is 13.2 Å². The summed E-state index contributed by atoms with van der Waals surface area (Å²) >= 11 is 0. The molecular weight excluding hydrogens is 416 g/mol. The van der Waals surface area contributed by atoms with Crippen LogP contribution < -0.4 is 9.62 Å². The molecule has 0 saturated heterocycles. The minimum Gasteiger partial charge on any atom is -0.347 e. The van der Waals surface area contributed by atoms with E-state index in [0.29, 0.717) is 23.8 Å². The Morgan fingerprint density at radius 1 is 1.10 bits per heavy atom. The molecule has 0 bridgehead atoms. The van der Waals surface area contributed by atoms with Crippen LogP contribution in [0.25, 0.3) is 11.4 Å². The molecule has 1 N–H and O–H groups in total. The molecule has 2 aromatic carbocycles. The molecule has 0 fully saturated rings. The molecule has 1 heterocycles. The van der Waals surface area contributed by atoms with Gasteiger partial charge in [0.1, 0.15) is 0 Å². The maximum Gasteiger partial charge on any atom is 0.246 e. The smallest absolute Gasteiger partial charge is 0.246 e. The number of benzene rings is 2. The van der Waals surface area contributed by atoms with Crippen LogP contribution in [0.3, 0.4) is 0 Å². The second-order valence-electron chi connectivity index (χ2n) is 7.36. The maximum absolute atomic E-state index is 12.2. The number of carbonyl (C=O) groups excluding carboxylic acids is 1. The van der Waals surface area contributed by atoms with Gasteiger partial charge in [0.25, 0.3) is 0 Å². The third kappa shape index (κ3) is 6.14. The van der Waals surface area contributed by atoms with Crippen molar-refractivity contribution in [2.75, 3.05) is 17.1 Å². The zero-order chi connectivity index (χ0) is 22.4. The predicted octanol–water partition coefficient (Wildman–Crippen LogP) is 3.22. The van der Waals surface area contributed by atoms with Crippen molar-refractivity contribution in [3.63, 3.8) is 0 Å². The molecule has 0 aliphatic carbocycles. The minimum absolute atomic E-state index is 0.117. The van der Waals surface area contributed by atoms with Crippen LogP contribution in [0.4, 0.5) is 5.69 Å². The molecule has 0 atom stereocenters. The van der Waals surface area contributed by atoms with Gasteiger partial charge in [0.05, 0.1) is 18.5 Å². The average Bonchev–Trinajstić information content (AvgIpc) is 3.21. The number of amides is 1. The lowest BCUT2D eigenvalue weighted by Gasteiger charge is -2.23. The number of rotatable bonds is 9. The number of nitrogens with zero attached hydrogens (tertiary/aromatic N) is 3. The third-order valence-corrected chi connectivity index (χ3v) is 6.07. The number of aryl methyl sites for hydroxylation is 2. The predicted molar refractivity (Wildman–Crippen MR) is 119 cm³/mol. The van der Waals surface area contributed by atoms with Crippen molar-refractivity contribution < 1.29 is 17.7 Å². The lowest BCUT2D eigenvalue weighted by Crippen LogP contribution is -2.32. The van der Waals surface area contributed by atoms with Gasteiger partial charge in [0.2, 0.25) is 27.6 Å². The maximum atomic E-state index is 12.2. The van der Waals surface area contributed by atoms with Gasteiger partial charge in [-0.15, -0.1) is 0 Å². The summed E-state index contributed by atoms with van der Waals surface area (Å²) in [5.74, 6) is 0.551. The molecular formula is C22H26N4O4S. The van der Waals surface area contributed by atoms with Crippen LogP contribution in [0.15, 0.2) is 53.1 Å². The lowest BCUT2D eigenvalue weighted by molar-refractivity contribution is -0.121. The number of sulfonamides is 1. The van der Waals surface area contributed by atoms with E-state index >= 15 is 0 Å². The van der Waals surface area contributed by atoms with E-state index in [2.05, 4.69) is 15.5 Å². The highest BCUT2D eigenvalue weighted by Gasteiger charge is 2.18. The Hall–Kier alpha value is -3.20. The molecule has 31 heavy (non-hydrogen) atoms. The monoisotopic (exact) mass is 442 g/mol. The lowest BCUT2D eigenvalue weighted by atomic mass is 10.1. The van der Waals surface area contributed by atoms with Gasteiger partial charge >= 0.3 is 0 Å². The van der Waals surface area contributed by atoms with E-state index in [-0.39, 0.29) is 25.4 Å². The highest BCUT2D eigenvalue weighted by Crippen LogP contribution is 2.22. The van der Waals surface area contributed by atoms with Crippen molar-refractivity contribution in [2.45, 2.75) is 33.2 Å². The highest BCUT2D eigenvalue weighted by atomic mass is 32.2. The van der Waals surface area contributed by atoms with Crippen LogP contribution in [0, 0.1) is 13.8 Å². The molecule has 164 valence electrons. The summed E-state index contributed by atoms with van der Waals surface area (Å²) in [6, 6.07) is 14.9. The van der Waals surface area contributed by atoms with Crippen molar-refractivity contribution in [1.29, 1.82) is 0 Å². The second-order valence-corrected chi connectivity index (χ2v) is 9.27. The molecule has 0 saturated carbocycles. The Morgan fingerprint density at radius 3 is 2.52 bits per heavy atom. The van der Waals surface area contributed by atoms with E-state index in [0.717, 1.165) is 16.7 Å². The standard InChI is InChI=1S/C22H26N4O4S/c1-16-11-12-19(14-17(16)2)26(31(3,28)29)13-7-10-20(27)23-15-21-24-22(25-30-21)18-8-5-4-6-9-18/h4-6,8-9,11-12,14H,7,10,13,15H2,1-3H3,(H,23,27). The Bertz CT molecular complexity index is 1140. The fourth-order valence-corrected chi connectivity index (χ4v) is 4.00. The zero-order valence-electron chi connectivity index (χ0n) is 17.8. The molecule has 1 amide bonds. The largest absolute Gasteiger partial charge is 0.347 e. The minimum atomic E-state index is -3.46. The molecule has 0 aliphatic rings. The number of hydrogen-bond acceptors (Lipinski definition) is 6. The van der Waals surface area contributed by atoms with Gasteiger partial charge in [0.15, 0.2) is 0 Å². The first-order chi connectivity index (χ1) is 14.7. The number of hydrogen-bond donors (Lipinski definition) is 1. The summed E-state index contributed by atoms with van der Waals surface area (Å²) in [5, 5.41) is 6.64.